The second kappa shape index (κ2) is 10.2. The summed E-state index contributed by atoms with van der Waals surface area (Å²) in [6, 6.07) is 13.3. The van der Waals surface area contributed by atoms with E-state index in [2.05, 4.69) is 20.3 Å². The molecule has 0 aromatic heterocycles. The van der Waals surface area contributed by atoms with Crippen molar-refractivity contribution in [2.45, 2.75) is 0 Å². The standard InChI is InChI=1S/C21H17N3O6S/c1-28-15-8-6-14(7-9-15)20(27)30-16-5-3-4-13(10-16)12-22-24-21-23-19(26)17(31-21)11-18(25)29-2/h3-12H,1-2H3,(H,23,24,26)/b17-11+,22-12?. The number of hydrogen-bond acceptors (Lipinski definition) is 9. The summed E-state index contributed by atoms with van der Waals surface area (Å²) < 4.78 is 14.9. The maximum Gasteiger partial charge on any atom is 0.343 e. The quantitative estimate of drug-likeness (QED) is 0.242. The number of amidine groups is 1. The highest BCUT2D eigenvalue weighted by molar-refractivity contribution is 8.18. The molecule has 0 saturated carbocycles. The third-order valence-corrected chi connectivity index (χ3v) is 4.75. The lowest BCUT2D eigenvalue weighted by Crippen LogP contribution is -2.19. The van der Waals surface area contributed by atoms with Crippen molar-refractivity contribution in [3.63, 3.8) is 0 Å². The van der Waals surface area contributed by atoms with Gasteiger partial charge in [-0.1, -0.05) is 12.1 Å². The number of carbonyl (C=O) groups excluding carboxylic acids is 3. The van der Waals surface area contributed by atoms with Crippen LogP contribution < -0.4 is 14.8 Å². The molecule has 9 nitrogen and oxygen atoms in total. The Morgan fingerprint density at radius 1 is 1.06 bits per heavy atom. The number of ether oxygens (including phenoxy) is 3. The second-order valence-electron chi connectivity index (χ2n) is 5.93. The number of carbonyl (C=O) groups is 3. The molecule has 3 rings (SSSR count). The minimum atomic E-state index is -0.636. The van der Waals surface area contributed by atoms with Crippen LogP contribution in [0.4, 0.5) is 0 Å². The Bertz CT molecular complexity index is 1090. The van der Waals surface area contributed by atoms with Gasteiger partial charge in [0.15, 0.2) is 5.17 Å². The molecule has 31 heavy (non-hydrogen) atoms. The van der Waals surface area contributed by atoms with Gasteiger partial charge in [-0.2, -0.15) is 5.10 Å². The highest BCUT2D eigenvalue weighted by Gasteiger charge is 2.25. The van der Waals surface area contributed by atoms with Crippen LogP contribution in [0, 0.1) is 0 Å². The van der Waals surface area contributed by atoms with Crippen LogP contribution in [0.15, 0.2) is 69.7 Å². The highest BCUT2D eigenvalue weighted by Crippen LogP contribution is 2.23. The Morgan fingerprint density at radius 3 is 2.55 bits per heavy atom. The SMILES string of the molecule is COC(=O)/C=C1/S/C(=N\N=Cc2cccc(OC(=O)c3ccc(OC)cc3)c2)NC1=O. The number of nitrogens with zero attached hydrogens (tertiary/aromatic N) is 2. The summed E-state index contributed by atoms with van der Waals surface area (Å²) in [7, 11) is 2.76. The molecule has 1 aliphatic rings. The van der Waals surface area contributed by atoms with Gasteiger partial charge in [-0.05, 0) is 53.7 Å². The molecule has 10 heteroatoms. The molecular weight excluding hydrogens is 422 g/mol. The topological polar surface area (TPSA) is 116 Å². The largest absolute Gasteiger partial charge is 0.497 e. The van der Waals surface area contributed by atoms with Crippen molar-refractivity contribution >= 4 is 41.0 Å². The molecule has 2 aromatic carbocycles. The molecule has 1 amide bonds. The molecule has 1 fully saturated rings. The van der Waals surface area contributed by atoms with Crippen LogP contribution in [-0.4, -0.2) is 43.4 Å². The maximum absolute atomic E-state index is 12.3. The number of thioether (sulfide) groups is 1. The van der Waals surface area contributed by atoms with E-state index in [0.717, 1.165) is 17.8 Å². The monoisotopic (exact) mass is 439 g/mol. The van der Waals surface area contributed by atoms with Crippen LogP contribution in [0.2, 0.25) is 0 Å². The van der Waals surface area contributed by atoms with E-state index in [4.69, 9.17) is 9.47 Å². The van der Waals surface area contributed by atoms with Crippen molar-refractivity contribution in [1.29, 1.82) is 0 Å². The molecule has 1 saturated heterocycles. The van der Waals surface area contributed by atoms with E-state index in [1.165, 1.54) is 13.3 Å². The number of rotatable bonds is 6. The van der Waals surface area contributed by atoms with Gasteiger partial charge < -0.3 is 14.2 Å². The Labute approximate surface area is 181 Å². The van der Waals surface area contributed by atoms with Gasteiger partial charge in [0.2, 0.25) is 0 Å². The molecule has 1 aliphatic heterocycles. The van der Waals surface area contributed by atoms with E-state index in [9.17, 15) is 14.4 Å². The third kappa shape index (κ3) is 6.03. The first-order valence-electron chi connectivity index (χ1n) is 8.84. The Kier molecular flexibility index (Phi) is 7.17. The average molecular weight is 439 g/mol. The van der Waals surface area contributed by atoms with E-state index >= 15 is 0 Å². The van der Waals surface area contributed by atoms with Gasteiger partial charge in [-0.3, -0.25) is 10.1 Å². The lowest BCUT2D eigenvalue weighted by Gasteiger charge is -2.05. The Hall–Kier alpha value is -3.92. The number of hydrogen-bond donors (Lipinski definition) is 1. The fourth-order valence-electron chi connectivity index (χ4n) is 2.34. The molecule has 0 bridgehead atoms. The van der Waals surface area contributed by atoms with Gasteiger partial charge in [-0.15, -0.1) is 5.10 Å². The van der Waals surface area contributed by atoms with Crippen LogP contribution in [0.1, 0.15) is 15.9 Å². The summed E-state index contributed by atoms with van der Waals surface area (Å²) in [5.41, 5.74) is 1.01. The molecule has 158 valence electrons. The van der Waals surface area contributed by atoms with Crippen LogP contribution >= 0.6 is 11.8 Å². The summed E-state index contributed by atoms with van der Waals surface area (Å²) in [5, 5.41) is 10.5. The molecule has 0 atom stereocenters. The van der Waals surface area contributed by atoms with E-state index < -0.39 is 17.8 Å². The van der Waals surface area contributed by atoms with Crippen molar-refractivity contribution in [2.75, 3.05) is 14.2 Å². The van der Waals surface area contributed by atoms with Gasteiger partial charge in [0, 0.05) is 6.08 Å². The van der Waals surface area contributed by atoms with Gasteiger partial charge in [0.1, 0.15) is 11.5 Å². The first kappa shape index (κ1) is 21.8. The molecule has 1 N–H and O–H groups in total. The second-order valence-corrected chi connectivity index (χ2v) is 6.96. The fourth-order valence-corrected chi connectivity index (χ4v) is 3.08. The Balaban J connectivity index is 1.64. The first-order valence-corrected chi connectivity index (χ1v) is 9.66. The molecule has 1 heterocycles. The minimum absolute atomic E-state index is 0.160. The molecule has 0 spiro atoms. The lowest BCUT2D eigenvalue weighted by molar-refractivity contribution is -0.135. The fraction of sp³-hybridized carbons (Fsp3) is 0.0952. The van der Waals surface area contributed by atoms with Gasteiger partial charge in [0.05, 0.1) is 30.9 Å². The average Bonchev–Trinajstić information content (AvgIpc) is 3.12. The summed E-state index contributed by atoms with van der Waals surface area (Å²) in [6.07, 6.45) is 2.51. The van der Waals surface area contributed by atoms with Crippen LogP contribution in [0.25, 0.3) is 0 Å². The predicted molar refractivity (Wildman–Crippen MR) is 115 cm³/mol. The van der Waals surface area contributed by atoms with E-state index in [0.29, 0.717) is 22.6 Å². The number of benzene rings is 2. The van der Waals surface area contributed by atoms with E-state index in [1.54, 1.807) is 55.6 Å². The number of esters is 2. The van der Waals surface area contributed by atoms with Crippen molar-refractivity contribution in [3.05, 3.63) is 70.6 Å². The van der Waals surface area contributed by atoms with Crippen molar-refractivity contribution in [2.24, 2.45) is 10.2 Å². The van der Waals surface area contributed by atoms with E-state index in [1.807, 2.05) is 0 Å². The van der Waals surface area contributed by atoms with Crippen molar-refractivity contribution in [1.82, 2.24) is 5.32 Å². The summed E-state index contributed by atoms with van der Waals surface area (Å²) in [4.78, 5) is 35.5. The zero-order chi connectivity index (χ0) is 22.2. The number of nitrogens with one attached hydrogen (secondary N) is 1. The molecule has 0 radical (unpaired) electrons. The van der Waals surface area contributed by atoms with Gasteiger partial charge in [0.25, 0.3) is 5.91 Å². The first-order chi connectivity index (χ1) is 15.0. The Morgan fingerprint density at radius 2 is 1.84 bits per heavy atom. The van der Waals surface area contributed by atoms with Crippen molar-refractivity contribution < 1.29 is 28.6 Å². The zero-order valence-corrected chi connectivity index (χ0v) is 17.3. The van der Waals surface area contributed by atoms with E-state index in [-0.39, 0.29) is 10.1 Å². The minimum Gasteiger partial charge on any atom is -0.497 e. The number of methoxy groups -OCH3 is 2. The normalized spacial score (nSPS) is 15.9. The number of amides is 1. The summed E-state index contributed by atoms with van der Waals surface area (Å²) in [6.45, 7) is 0. The van der Waals surface area contributed by atoms with Gasteiger partial charge in [-0.25, -0.2) is 9.59 Å². The summed E-state index contributed by atoms with van der Waals surface area (Å²) >= 11 is 0.967. The molecule has 2 aromatic rings. The smallest absolute Gasteiger partial charge is 0.343 e. The molecule has 0 unspecified atom stereocenters. The molecule has 0 aliphatic carbocycles. The predicted octanol–water partition coefficient (Wildman–Crippen LogP) is 2.52. The zero-order valence-electron chi connectivity index (χ0n) is 16.5. The lowest BCUT2D eigenvalue weighted by atomic mass is 10.2. The van der Waals surface area contributed by atoms with Gasteiger partial charge >= 0.3 is 11.9 Å². The maximum atomic E-state index is 12.3. The van der Waals surface area contributed by atoms with Crippen LogP contribution in [-0.2, 0) is 14.3 Å². The van der Waals surface area contributed by atoms with Crippen LogP contribution in [0.3, 0.4) is 0 Å². The third-order valence-electron chi connectivity index (χ3n) is 3.85. The van der Waals surface area contributed by atoms with Crippen LogP contribution in [0.5, 0.6) is 11.5 Å². The summed E-state index contributed by atoms with van der Waals surface area (Å²) in [5.74, 6) is -0.627. The molecular formula is C21H17N3O6S. The highest BCUT2D eigenvalue weighted by atomic mass is 32.2. The van der Waals surface area contributed by atoms with Crippen molar-refractivity contribution in [3.8, 4) is 11.5 Å².